The standard InChI is InChI=1S/C22H23FN4O2/c1-22(2,3)29-21(28)27-19-11-9-15(13-16(19)23)25-20-17(24)10-12-18(26-20)14-7-5-4-6-8-14/h4-13H,24H2,1-3H3,(H,25,26)(H,27,28). The average Bonchev–Trinajstić information content (AvgIpc) is 2.65. The second kappa shape index (κ2) is 8.18. The molecule has 0 saturated carbocycles. The predicted molar refractivity (Wildman–Crippen MR) is 114 cm³/mol. The number of nitrogen functional groups attached to an aromatic ring is 1. The fourth-order valence-corrected chi connectivity index (χ4v) is 2.58. The molecule has 0 fully saturated rings. The number of hydrogen-bond acceptors (Lipinski definition) is 5. The van der Waals surface area contributed by atoms with Crippen LogP contribution in [0.4, 0.5) is 32.1 Å². The van der Waals surface area contributed by atoms with E-state index < -0.39 is 17.5 Å². The molecule has 0 spiro atoms. The second-order valence-electron chi connectivity index (χ2n) is 7.45. The van der Waals surface area contributed by atoms with E-state index in [-0.39, 0.29) is 5.69 Å². The molecule has 1 heterocycles. The first-order chi connectivity index (χ1) is 13.7. The van der Waals surface area contributed by atoms with Gasteiger partial charge in [0, 0.05) is 11.3 Å². The lowest BCUT2D eigenvalue weighted by molar-refractivity contribution is 0.0635. The van der Waals surface area contributed by atoms with Crippen molar-refractivity contribution >= 4 is 29.0 Å². The number of carbonyl (C=O) groups excluding carboxylic acids is 1. The van der Waals surface area contributed by atoms with Crippen LogP contribution in [-0.2, 0) is 4.74 Å². The van der Waals surface area contributed by atoms with Crippen molar-refractivity contribution in [3.8, 4) is 11.3 Å². The third kappa shape index (κ3) is 5.44. The normalized spacial score (nSPS) is 11.0. The van der Waals surface area contributed by atoms with Gasteiger partial charge >= 0.3 is 6.09 Å². The van der Waals surface area contributed by atoms with Crippen LogP contribution in [-0.4, -0.2) is 16.7 Å². The number of rotatable bonds is 4. The van der Waals surface area contributed by atoms with Crippen LogP contribution in [0.2, 0.25) is 0 Å². The van der Waals surface area contributed by atoms with Crippen LogP contribution in [0.1, 0.15) is 20.8 Å². The van der Waals surface area contributed by atoms with E-state index in [9.17, 15) is 9.18 Å². The molecule has 6 nitrogen and oxygen atoms in total. The van der Waals surface area contributed by atoms with Crippen molar-refractivity contribution < 1.29 is 13.9 Å². The molecule has 1 amide bonds. The van der Waals surface area contributed by atoms with Crippen molar-refractivity contribution in [3.05, 3.63) is 66.5 Å². The van der Waals surface area contributed by atoms with E-state index >= 15 is 0 Å². The molecule has 150 valence electrons. The predicted octanol–water partition coefficient (Wildman–Crippen LogP) is 5.56. The number of pyridine rings is 1. The van der Waals surface area contributed by atoms with Gasteiger partial charge in [0.2, 0.25) is 0 Å². The molecule has 0 radical (unpaired) electrons. The molecule has 29 heavy (non-hydrogen) atoms. The number of benzene rings is 2. The minimum absolute atomic E-state index is 0.0174. The van der Waals surface area contributed by atoms with Crippen molar-refractivity contribution in [1.29, 1.82) is 0 Å². The first-order valence-electron chi connectivity index (χ1n) is 9.10. The van der Waals surface area contributed by atoms with E-state index in [1.54, 1.807) is 32.9 Å². The molecule has 0 saturated heterocycles. The number of carbonyl (C=O) groups is 1. The van der Waals surface area contributed by atoms with Crippen molar-refractivity contribution in [3.63, 3.8) is 0 Å². The summed E-state index contributed by atoms with van der Waals surface area (Å²) in [6.07, 6.45) is -0.724. The molecule has 7 heteroatoms. The van der Waals surface area contributed by atoms with Crippen molar-refractivity contribution in [1.82, 2.24) is 4.98 Å². The van der Waals surface area contributed by atoms with Gasteiger partial charge in [0.25, 0.3) is 0 Å². The largest absolute Gasteiger partial charge is 0.444 e. The number of nitrogens with one attached hydrogen (secondary N) is 2. The maximum atomic E-state index is 14.4. The first kappa shape index (κ1) is 20.1. The van der Waals surface area contributed by atoms with Crippen LogP contribution in [0.25, 0.3) is 11.3 Å². The summed E-state index contributed by atoms with van der Waals surface area (Å²) in [5, 5.41) is 5.42. The Morgan fingerprint density at radius 3 is 2.45 bits per heavy atom. The van der Waals surface area contributed by atoms with Gasteiger partial charge in [0.1, 0.15) is 11.4 Å². The molecule has 0 aliphatic carbocycles. The van der Waals surface area contributed by atoms with E-state index in [2.05, 4.69) is 15.6 Å². The Labute approximate surface area is 168 Å². The van der Waals surface area contributed by atoms with Crippen molar-refractivity contribution in [2.45, 2.75) is 26.4 Å². The van der Waals surface area contributed by atoms with E-state index in [4.69, 9.17) is 10.5 Å². The highest BCUT2D eigenvalue weighted by molar-refractivity contribution is 5.85. The molecule has 3 rings (SSSR count). The Kier molecular flexibility index (Phi) is 5.68. The van der Waals surface area contributed by atoms with Crippen LogP contribution in [0.15, 0.2) is 60.7 Å². The Bertz CT molecular complexity index is 1020. The zero-order valence-corrected chi connectivity index (χ0v) is 16.5. The average molecular weight is 394 g/mol. The molecule has 0 atom stereocenters. The molecule has 0 unspecified atom stereocenters. The molecule has 2 aromatic carbocycles. The molecule has 4 N–H and O–H groups in total. The number of anilines is 4. The van der Waals surface area contributed by atoms with Gasteiger partial charge < -0.3 is 15.8 Å². The molecule has 1 aromatic heterocycles. The van der Waals surface area contributed by atoms with Gasteiger partial charge in [-0.15, -0.1) is 0 Å². The second-order valence-corrected chi connectivity index (χ2v) is 7.45. The van der Waals surface area contributed by atoms with E-state index in [0.717, 1.165) is 11.3 Å². The number of hydrogen-bond donors (Lipinski definition) is 3. The minimum atomic E-state index is -0.724. The summed E-state index contributed by atoms with van der Waals surface area (Å²) in [4.78, 5) is 16.4. The maximum absolute atomic E-state index is 14.4. The fraction of sp³-hybridized carbons (Fsp3) is 0.182. The third-order valence-electron chi connectivity index (χ3n) is 3.86. The van der Waals surface area contributed by atoms with E-state index in [1.165, 1.54) is 12.1 Å². The molecular weight excluding hydrogens is 371 g/mol. The number of amides is 1. The lowest BCUT2D eigenvalue weighted by atomic mass is 10.1. The summed E-state index contributed by atoms with van der Waals surface area (Å²) in [5.74, 6) is -0.197. The lowest BCUT2D eigenvalue weighted by Crippen LogP contribution is -2.27. The lowest BCUT2D eigenvalue weighted by Gasteiger charge is -2.20. The highest BCUT2D eigenvalue weighted by Crippen LogP contribution is 2.27. The summed E-state index contributed by atoms with van der Waals surface area (Å²) < 4.78 is 19.6. The number of ether oxygens (including phenoxy) is 1. The Morgan fingerprint density at radius 1 is 1.07 bits per heavy atom. The van der Waals surface area contributed by atoms with Gasteiger partial charge in [-0.1, -0.05) is 30.3 Å². The van der Waals surface area contributed by atoms with E-state index in [1.807, 2.05) is 36.4 Å². The van der Waals surface area contributed by atoms with Gasteiger partial charge in [-0.2, -0.15) is 0 Å². The van der Waals surface area contributed by atoms with E-state index in [0.29, 0.717) is 17.2 Å². The number of nitrogens with zero attached hydrogens (tertiary/aromatic N) is 1. The summed E-state index contributed by atoms with van der Waals surface area (Å²) in [6, 6.07) is 17.5. The number of nitrogens with two attached hydrogens (primary N) is 1. The minimum Gasteiger partial charge on any atom is -0.444 e. The van der Waals surface area contributed by atoms with Gasteiger partial charge in [-0.25, -0.2) is 14.2 Å². The highest BCUT2D eigenvalue weighted by atomic mass is 19.1. The molecule has 0 aliphatic heterocycles. The Balaban J connectivity index is 1.77. The number of halogens is 1. The zero-order chi connectivity index (χ0) is 21.0. The summed E-state index contributed by atoms with van der Waals surface area (Å²) in [6.45, 7) is 5.20. The van der Waals surface area contributed by atoms with Crippen LogP contribution < -0.4 is 16.4 Å². The molecule has 3 aromatic rings. The quantitative estimate of drug-likeness (QED) is 0.539. The SMILES string of the molecule is CC(C)(C)OC(=O)Nc1ccc(Nc2nc(-c3ccccc3)ccc2N)cc1F. The molecule has 0 bridgehead atoms. The monoisotopic (exact) mass is 394 g/mol. The fourth-order valence-electron chi connectivity index (χ4n) is 2.58. The van der Waals surface area contributed by atoms with Gasteiger partial charge in [-0.05, 0) is 51.1 Å². The smallest absolute Gasteiger partial charge is 0.412 e. The van der Waals surface area contributed by atoms with Gasteiger partial charge in [0.15, 0.2) is 5.82 Å². The Hall–Kier alpha value is -3.61. The number of aromatic nitrogens is 1. The van der Waals surface area contributed by atoms with Crippen LogP contribution in [0.3, 0.4) is 0 Å². The highest BCUT2D eigenvalue weighted by Gasteiger charge is 2.17. The van der Waals surface area contributed by atoms with Crippen molar-refractivity contribution in [2.75, 3.05) is 16.4 Å². The van der Waals surface area contributed by atoms with Gasteiger partial charge in [-0.3, -0.25) is 5.32 Å². The summed E-state index contributed by atoms with van der Waals surface area (Å²) in [7, 11) is 0. The van der Waals surface area contributed by atoms with Crippen LogP contribution in [0.5, 0.6) is 0 Å². The molecular formula is C22H23FN4O2. The maximum Gasteiger partial charge on any atom is 0.412 e. The van der Waals surface area contributed by atoms with Crippen LogP contribution in [0, 0.1) is 5.82 Å². The van der Waals surface area contributed by atoms with Crippen LogP contribution >= 0.6 is 0 Å². The Morgan fingerprint density at radius 2 is 1.79 bits per heavy atom. The van der Waals surface area contributed by atoms with Crippen molar-refractivity contribution in [2.24, 2.45) is 0 Å². The summed E-state index contributed by atoms with van der Waals surface area (Å²) in [5.41, 5.74) is 7.92. The van der Waals surface area contributed by atoms with Gasteiger partial charge in [0.05, 0.1) is 17.1 Å². The first-order valence-corrected chi connectivity index (χ1v) is 9.10. The third-order valence-corrected chi connectivity index (χ3v) is 3.86. The summed E-state index contributed by atoms with van der Waals surface area (Å²) >= 11 is 0. The topological polar surface area (TPSA) is 89.3 Å². The zero-order valence-electron chi connectivity index (χ0n) is 16.5. The molecule has 0 aliphatic rings.